The van der Waals surface area contributed by atoms with E-state index in [0.717, 1.165) is 30.0 Å². The molecule has 1 aliphatic heterocycles. The number of piperidine rings is 1. The van der Waals surface area contributed by atoms with E-state index in [1.54, 1.807) is 25.3 Å². The number of carbonyl (C=O) groups excluding carboxylic acids is 1. The van der Waals surface area contributed by atoms with Crippen LogP contribution in [-0.4, -0.2) is 41.6 Å². The Balaban J connectivity index is 1.82. The Labute approximate surface area is 208 Å². The van der Waals surface area contributed by atoms with E-state index in [9.17, 15) is 14.9 Å². The number of nitrogens with zero attached hydrogens (tertiary/aromatic N) is 4. The molecule has 2 aromatic rings. The molecule has 1 saturated heterocycles. The van der Waals surface area contributed by atoms with Crippen molar-refractivity contribution in [1.82, 2.24) is 14.8 Å². The van der Waals surface area contributed by atoms with E-state index in [1.165, 1.54) is 42.5 Å². The average molecular weight is 489 g/mol. The fourth-order valence-electron chi connectivity index (χ4n) is 3.80. The molecule has 0 atom stereocenters. The highest BCUT2D eigenvalue weighted by atomic mass is 32.1. The van der Waals surface area contributed by atoms with Gasteiger partial charge in [-0.15, -0.1) is 0 Å². The first-order valence-corrected chi connectivity index (χ1v) is 12.5. The van der Waals surface area contributed by atoms with Gasteiger partial charge >= 0.3 is 0 Å². The summed E-state index contributed by atoms with van der Waals surface area (Å²) in [4.78, 5) is 27.3. The van der Waals surface area contributed by atoms with Gasteiger partial charge in [-0.3, -0.25) is 14.2 Å². The quantitative estimate of drug-likeness (QED) is 0.330. The highest BCUT2D eigenvalue weighted by molar-refractivity contribution is 7.07. The maximum Gasteiger partial charge on any atom is 0.277 e. The van der Waals surface area contributed by atoms with E-state index in [4.69, 9.17) is 5.26 Å². The number of hydrogen-bond donors (Lipinski definition) is 2. The molecule has 0 saturated carbocycles. The summed E-state index contributed by atoms with van der Waals surface area (Å²) < 4.78 is 2.10. The van der Waals surface area contributed by atoms with Crippen molar-refractivity contribution in [3.05, 3.63) is 61.2 Å². The Hall–Kier alpha value is -3.84. The van der Waals surface area contributed by atoms with Gasteiger partial charge in [0.1, 0.15) is 21.8 Å². The number of thiazole rings is 1. The molecule has 8 nitrogen and oxygen atoms in total. The van der Waals surface area contributed by atoms with E-state index in [0.29, 0.717) is 15.7 Å². The summed E-state index contributed by atoms with van der Waals surface area (Å²) in [6, 6.07) is 11.7. The molecule has 180 valence electrons. The number of nitriles is 2. The van der Waals surface area contributed by atoms with Gasteiger partial charge in [0.05, 0.1) is 6.07 Å². The molecule has 1 aromatic carbocycles. The Morgan fingerprint density at radius 2 is 2.03 bits per heavy atom. The number of hydrogen-bond acceptors (Lipinski definition) is 7. The van der Waals surface area contributed by atoms with Crippen LogP contribution >= 0.6 is 11.3 Å². The van der Waals surface area contributed by atoms with Crippen LogP contribution in [0.1, 0.15) is 31.7 Å². The summed E-state index contributed by atoms with van der Waals surface area (Å²) in [6.45, 7) is 5.35. The number of carbonyl (C=O) groups is 1. The van der Waals surface area contributed by atoms with E-state index >= 15 is 0 Å². The van der Waals surface area contributed by atoms with Crippen LogP contribution in [0.25, 0.3) is 11.5 Å². The zero-order chi connectivity index (χ0) is 25.0. The molecule has 9 heteroatoms. The molecule has 3 rings (SSSR count). The van der Waals surface area contributed by atoms with Crippen molar-refractivity contribution in [3.8, 4) is 12.1 Å². The van der Waals surface area contributed by atoms with Gasteiger partial charge in [0, 0.05) is 25.0 Å². The van der Waals surface area contributed by atoms with Crippen molar-refractivity contribution >= 4 is 34.4 Å². The lowest BCUT2D eigenvalue weighted by Crippen LogP contribution is -2.31. The summed E-state index contributed by atoms with van der Waals surface area (Å²) in [5.74, 6) is -0.708. The van der Waals surface area contributed by atoms with Crippen LogP contribution in [0.2, 0.25) is 0 Å². The number of rotatable bonds is 8. The lowest BCUT2D eigenvalue weighted by molar-refractivity contribution is -0.116. The molecule has 1 fully saturated rings. The standard InChI is InChI=1S/C26H28N6O2S/c1-2-32-24(18-21(19-28)25(33)30-13-11-27)35-23(26(32)34)9-12-29-22-8-6-7-20(17-22)10-16-31-14-4-3-5-15-31/h6-8,12,17,29H,2-5,10,13-16H2,1H3,(H,30,33). The lowest BCUT2D eigenvalue weighted by Gasteiger charge is -2.26. The summed E-state index contributed by atoms with van der Waals surface area (Å²) in [7, 11) is 0. The van der Waals surface area contributed by atoms with Gasteiger partial charge in [0.25, 0.3) is 11.5 Å². The normalized spacial score (nSPS) is 13.0. The van der Waals surface area contributed by atoms with Gasteiger partial charge in [-0.1, -0.05) is 41.4 Å². The molecular formula is C26H28N6O2S. The van der Waals surface area contributed by atoms with Gasteiger partial charge in [-0.05, 0) is 57.0 Å². The van der Waals surface area contributed by atoms with Gasteiger partial charge in [0.15, 0.2) is 5.57 Å². The second kappa shape index (κ2) is 13.2. The Morgan fingerprint density at radius 1 is 1.23 bits per heavy atom. The summed E-state index contributed by atoms with van der Waals surface area (Å²) >= 11 is 1.09. The van der Waals surface area contributed by atoms with Gasteiger partial charge in [0.2, 0.25) is 0 Å². The van der Waals surface area contributed by atoms with Gasteiger partial charge in [-0.25, -0.2) is 0 Å². The third kappa shape index (κ3) is 7.32. The molecule has 0 aliphatic carbocycles. The fraction of sp³-hybridized carbons (Fsp3) is 0.385. The van der Waals surface area contributed by atoms with Crippen LogP contribution in [-0.2, 0) is 17.8 Å². The van der Waals surface area contributed by atoms with E-state index in [-0.39, 0.29) is 17.7 Å². The predicted octanol–water partition coefficient (Wildman–Crippen LogP) is 1.43. The fourth-order valence-corrected chi connectivity index (χ4v) is 4.79. The zero-order valence-corrected chi connectivity index (χ0v) is 20.6. The number of anilines is 1. The molecule has 1 aliphatic rings. The molecule has 1 aromatic heterocycles. The first-order chi connectivity index (χ1) is 17.0. The van der Waals surface area contributed by atoms with E-state index in [2.05, 4.69) is 39.1 Å². The Kier molecular flexibility index (Phi) is 9.69. The van der Waals surface area contributed by atoms with E-state index < -0.39 is 5.91 Å². The largest absolute Gasteiger partial charge is 0.355 e. The van der Waals surface area contributed by atoms with Crippen LogP contribution in [0.4, 0.5) is 5.69 Å². The lowest BCUT2D eigenvalue weighted by atomic mass is 10.1. The zero-order valence-electron chi connectivity index (χ0n) is 19.8. The minimum Gasteiger partial charge on any atom is -0.355 e. The van der Waals surface area contributed by atoms with Crippen LogP contribution in [0.5, 0.6) is 0 Å². The summed E-state index contributed by atoms with van der Waals surface area (Å²) in [5, 5.41) is 23.4. The molecule has 2 heterocycles. The Morgan fingerprint density at radius 3 is 2.74 bits per heavy atom. The van der Waals surface area contributed by atoms with Crippen LogP contribution in [0, 0.1) is 22.7 Å². The van der Waals surface area contributed by atoms with Crippen molar-refractivity contribution < 1.29 is 4.79 Å². The van der Waals surface area contributed by atoms with Crippen molar-refractivity contribution in [2.24, 2.45) is 0 Å². The Bertz CT molecular complexity index is 1390. The van der Waals surface area contributed by atoms with Crippen molar-refractivity contribution in [1.29, 1.82) is 10.5 Å². The highest BCUT2D eigenvalue weighted by Crippen LogP contribution is 2.13. The third-order valence-corrected chi connectivity index (χ3v) is 6.65. The molecule has 0 bridgehead atoms. The predicted molar refractivity (Wildman–Crippen MR) is 137 cm³/mol. The number of likely N-dealkylation sites (tertiary alicyclic amines) is 1. The van der Waals surface area contributed by atoms with Crippen molar-refractivity contribution in [3.63, 3.8) is 0 Å². The number of benzene rings is 1. The van der Waals surface area contributed by atoms with Crippen LogP contribution in [0.15, 0.2) is 40.8 Å². The first kappa shape index (κ1) is 25.8. The smallest absolute Gasteiger partial charge is 0.277 e. The minimum atomic E-state index is -0.708. The maximum atomic E-state index is 12.7. The third-order valence-electron chi connectivity index (χ3n) is 5.63. The molecule has 0 spiro atoms. The highest BCUT2D eigenvalue weighted by Gasteiger charge is 2.10. The summed E-state index contributed by atoms with van der Waals surface area (Å²) in [5.41, 5.74) is 7.28. The van der Waals surface area contributed by atoms with Crippen molar-refractivity contribution in [2.45, 2.75) is 39.2 Å². The van der Waals surface area contributed by atoms with Gasteiger partial charge in [-0.2, -0.15) is 10.5 Å². The first-order valence-electron chi connectivity index (χ1n) is 11.6. The summed E-state index contributed by atoms with van der Waals surface area (Å²) in [6.07, 6.45) is 6.48. The average Bonchev–Trinajstić information content (AvgIpc) is 3.19. The van der Waals surface area contributed by atoms with E-state index in [1.807, 2.05) is 12.1 Å². The van der Waals surface area contributed by atoms with Gasteiger partial charge < -0.3 is 15.5 Å². The SMILES string of the molecule is CCn1c(=C=C(C#N)C(=O)NCC#N)sc(=C=CNc2cccc(CCN3CCCCC3)c2)c1=O. The number of nitrogens with one attached hydrogen (secondary N) is 2. The molecule has 0 unspecified atom stereocenters. The molecular weight excluding hydrogens is 460 g/mol. The molecule has 0 radical (unpaired) electrons. The van der Waals surface area contributed by atoms with Crippen LogP contribution in [0.3, 0.4) is 0 Å². The second-order valence-electron chi connectivity index (χ2n) is 8.02. The maximum absolute atomic E-state index is 12.7. The van der Waals surface area contributed by atoms with Crippen molar-refractivity contribution in [2.75, 3.05) is 31.5 Å². The number of amides is 1. The molecule has 1 amide bonds. The molecule has 35 heavy (non-hydrogen) atoms. The monoisotopic (exact) mass is 488 g/mol. The number of aromatic nitrogens is 1. The second-order valence-corrected chi connectivity index (χ2v) is 9.02. The minimum absolute atomic E-state index is 0.219. The molecule has 2 N–H and O–H groups in total. The topological polar surface area (TPSA) is 114 Å². The van der Waals surface area contributed by atoms with Crippen LogP contribution < -0.4 is 25.4 Å².